The normalized spacial score (nSPS) is 26.3. The summed E-state index contributed by atoms with van der Waals surface area (Å²) < 4.78 is 0. The third-order valence-electron chi connectivity index (χ3n) is 5.91. The van der Waals surface area contributed by atoms with E-state index in [4.69, 9.17) is 0 Å². The first-order chi connectivity index (χ1) is 11.4. The quantitative estimate of drug-likeness (QED) is 0.843. The van der Waals surface area contributed by atoms with Crippen molar-refractivity contribution in [3.05, 3.63) is 24.3 Å². The van der Waals surface area contributed by atoms with Crippen molar-refractivity contribution in [2.75, 3.05) is 39.3 Å². The van der Waals surface area contributed by atoms with Gasteiger partial charge in [-0.1, -0.05) is 19.3 Å². The van der Waals surface area contributed by atoms with Gasteiger partial charge in [0.05, 0.1) is 0 Å². The Morgan fingerprint density at radius 3 is 2.09 bits per heavy atom. The maximum Gasteiger partial charge on any atom is 0.115 e. The van der Waals surface area contributed by atoms with Crippen LogP contribution in [0.3, 0.4) is 0 Å². The fourth-order valence-electron chi connectivity index (χ4n) is 4.49. The first kappa shape index (κ1) is 15.5. The van der Waals surface area contributed by atoms with Crippen molar-refractivity contribution < 1.29 is 0 Å². The van der Waals surface area contributed by atoms with Crippen molar-refractivity contribution in [2.45, 2.75) is 50.7 Å². The van der Waals surface area contributed by atoms with Crippen LogP contribution in [0.2, 0.25) is 0 Å². The van der Waals surface area contributed by atoms with E-state index in [9.17, 15) is 0 Å². The molecule has 5 nitrogen and oxygen atoms in total. The fourth-order valence-corrected chi connectivity index (χ4v) is 4.49. The Hall–Kier alpha value is -1.04. The first-order valence-corrected chi connectivity index (χ1v) is 9.33. The highest BCUT2D eigenvalue weighted by Crippen LogP contribution is 2.25. The van der Waals surface area contributed by atoms with Crippen LogP contribution in [0.5, 0.6) is 0 Å². The molecule has 2 aliphatic heterocycles. The minimum Gasteiger partial charge on any atom is -0.298 e. The number of aromatic nitrogens is 2. The second-order valence-corrected chi connectivity index (χ2v) is 7.46. The van der Waals surface area contributed by atoms with Crippen LogP contribution in [0, 0.1) is 0 Å². The van der Waals surface area contributed by atoms with E-state index < -0.39 is 0 Å². The second kappa shape index (κ2) is 7.24. The monoisotopic (exact) mass is 315 g/mol. The van der Waals surface area contributed by atoms with Crippen LogP contribution in [0.4, 0.5) is 0 Å². The van der Waals surface area contributed by atoms with Crippen molar-refractivity contribution in [1.29, 1.82) is 0 Å². The van der Waals surface area contributed by atoms with Crippen LogP contribution in [0.1, 0.15) is 37.7 Å². The van der Waals surface area contributed by atoms with Crippen LogP contribution in [0.15, 0.2) is 18.7 Å². The zero-order valence-corrected chi connectivity index (χ0v) is 14.1. The molecular weight excluding hydrogens is 286 g/mol. The largest absolute Gasteiger partial charge is 0.298 e. The summed E-state index contributed by atoms with van der Waals surface area (Å²) in [6.45, 7) is 8.52. The lowest BCUT2D eigenvalue weighted by atomic mass is 9.93. The molecule has 0 bridgehead atoms. The summed E-state index contributed by atoms with van der Waals surface area (Å²) in [5.41, 5.74) is 1.23. The maximum atomic E-state index is 4.10. The first-order valence-electron chi connectivity index (χ1n) is 9.33. The number of rotatable bonds is 4. The molecule has 1 aliphatic carbocycles. The Morgan fingerprint density at radius 2 is 1.43 bits per heavy atom. The van der Waals surface area contributed by atoms with E-state index in [1.807, 2.05) is 12.4 Å². The Bertz CT molecular complexity index is 473. The summed E-state index contributed by atoms with van der Waals surface area (Å²) >= 11 is 0. The van der Waals surface area contributed by atoms with Gasteiger partial charge in [-0.3, -0.25) is 14.7 Å². The molecule has 0 radical (unpaired) electrons. The molecule has 3 heterocycles. The van der Waals surface area contributed by atoms with E-state index in [1.54, 1.807) is 6.33 Å². The maximum absolute atomic E-state index is 4.10. The molecule has 0 aromatic carbocycles. The minimum absolute atomic E-state index is 0.771. The molecular formula is C18H29N5. The Morgan fingerprint density at radius 1 is 0.826 bits per heavy atom. The Kier molecular flexibility index (Phi) is 4.88. The molecule has 5 heteroatoms. The summed E-state index contributed by atoms with van der Waals surface area (Å²) in [4.78, 5) is 16.2. The number of hydrogen-bond acceptors (Lipinski definition) is 5. The van der Waals surface area contributed by atoms with Gasteiger partial charge in [0, 0.05) is 75.9 Å². The second-order valence-electron chi connectivity index (χ2n) is 7.46. The predicted octanol–water partition coefficient (Wildman–Crippen LogP) is 1.61. The molecule has 3 aliphatic rings. The average Bonchev–Trinajstić information content (AvgIpc) is 2.60. The zero-order valence-electron chi connectivity index (χ0n) is 14.1. The van der Waals surface area contributed by atoms with Crippen LogP contribution in [-0.4, -0.2) is 76.0 Å². The Labute approximate surface area is 139 Å². The molecule has 4 rings (SSSR count). The lowest BCUT2D eigenvalue weighted by molar-refractivity contribution is -0.0105. The average molecular weight is 315 g/mol. The molecule has 1 aromatic heterocycles. The van der Waals surface area contributed by atoms with Gasteiger partial charge in [0.2, 0.25) is 0 Å². The summed E-state index contributed by atoms with van der Waals surface area (Å²) in [6, 6.07) is 1.66. The highest BCUT2D eigenvalue weighted by Gasteiger charge is 2.34. The molecule has 2 saturated heterocycles. The minimum atomic E-state index is 0.771. The molecule has 0 atom stereocenters. The van der Waals surface area contributed by atoms with E-state index >= 15 is 0 Å². The number of likely N-dealkylation sites (tertiary alicyclic amines) is 1. The number of hydrogen-bond donors (Lipinski definition) is 0. The molecule has 0 amide bonds. The summed E-state index contributed by atoms with van der Waals surface area (Å²) in [5, 5.41) is 0. The molecule has 3 fully saturated rings. The molecule has 0 spiro atoms. The fraction of sp³-hybridized carbons (Fsp3) is 0.778. The molecule has 126 valence electrons. The van der Waals surface area contributed by atoms with E-state index in [0.717, 1.165) is 18.6 Å². The smallest absolute Gasteiger partial charge is 0.115 e. The summed E-state index contributed by atoms with van der Waals surface area (Å²) in [5.74, 6) is 0. The van der Waals surface area contributed by atoms with E-state index in [1.165, 1.54) is 76.9 Å². The predicted molar refractivity (Wildman–Crippen MR) is 91.1 cm³/mol. The van der Waals surface area contributed by atoms with Gasteiger partial charge >= 0.3 is 0 Å². The van der Waals surface area contributed by atoms with Gasteiger partial charge in [-0.15, -0.1) is 0 Å². The van der Waals surface area contributed by atoms with E-state index in [-0.39, 0.29) is 0 Å². The molecule has 0 unspecified atom stereocenters. The van der Waals surface area contributed by atoms with Gasteiger partial charge in [-0.2, -0.15) is 0 Å². The molecule has 1 aromatic rings. The lowest BCUT2D eigenvalue weighted by Gasteiger charge is -2.49. The van der Waals surface area contributed by atoms with E-state index in [2.05, 4.69) is 24.7 Å². The van der Waals surface area contributed by atoms with Crippen molar-refractivity contribution >= 4 is 0 Å². The van der Waals surface area contributed by atoms with Crippen molar-refractivity contribution in [3.63, 3.8) is 0 Å². The SMILES string of the molecule is c1ncc(CN2CC(N3CCN(C4CCCCC4)CC3)C2)cn1. The standard InChI is InChI=1S/C18H29N5/c1-2-4-17(5-3-1)22-6-8-23(9-7-22)18-13-21(14-18)12-16-10-19-15-20-11-16/h10-11,15,17-18H,1-9,12-14H2. The van der Waals surface area contributed by atoms with Gasteiger partial charge in [-0.05, 0) is 12.8 Å². The van der Waals surface area contributed by atoms with Gasteiger partial charge in [0.1, 0.15) is 6.33 Å². The molecule has 0 N–H and O–H groups in total. The lowest BCUT2D eigenvalue weighted by Crippen LogP contribution is -2.63. The summed E-state index contributed by atoms with van der Waals surface area (Å²) in [7, 11) is 0. The highest BCUT2D eigenvalue weighted by molar-refractivity contribution is 5.04. The number of nitrogens with zero attached hydrogens (tertiary/aromatic N) is 5. The van der Waals surface area contributed by atoms with Gasteiger partial charge in [0.25, 0.3) is 0 Å². The van der Waals surface area contributed by atoms with Crippen molar-refractivity contribution in [3.8, 4) is 0 Å². The summed E-state index contributed by atoms with van der Waals surface area (Å²) in [6.07, 6.45) is 12.7. The third-order valence-corrected chi connectivity index (χ3v) is 5.91. The van der Waals surface area contributed by atoms with Crippen LogP contribution < -0.4 is 0 Å². The van der Waals surface area contributed by atoms with E-state index in [0.29, 0.717) is 0 Å². The van der Waals surface area contributed by atoms with Gasteiger partial charge < -0.3 is 0 Å². The van der Waals surface area contributed by atoms with Crippen LogP contribution in [0.25, 0.3) is 0 Å². The highest BCUT2D eigenvalue weighted by atomic mass is 15.4. The molecule has 1 saturated carbocycles. The third kappa shape index (κ3) is 3.73. The van der Waals surface area contributed by atoms with Gasteiger partial charge in [-0.25, -0.2) is 9.97 Å². The molecule has 23 heavy (non-hydrogen) atoms. The van der Waals surface area contributed by atoms with Gasteiger partial charge in [0.15, 0.2) is 0 Å². The van der Waals surface area contributed by atoms with Crippen molar-refractivity contribution in [2.24, 2.45) is 0 Å². The Balaban J connectivity index is 1.19. The zero-order chi connectivity index (χ0) is 15.5. The number of piperazine rings is 1. The van der Waals surface area contributed by atoms with Crippen LogP contribution >= 0.6 is 0 Å². The van der Waals surface area contributed by atoms with Crippen LogP contribution in [-0.2, 0) is 6.54 Å². The topological polar surface area (TPSA) is 35.5 Å². The van der Waals surface area contributed by atoms with Crippen molar-refractivity contribution in [1.82, 2.24) is 24.7 Å².